The molecule has 2 N–H and O–H groups in total. The zero-order chi connectivity index (χ0) is 14.3. The molecule has 106 valence electrons. The number of thiophene rings is 1. The quantitative estimate of drug-likeness (QED) is 0.722. The number of aliphatic hydroxyl groups excluding tert-OH is 1. The van der Waals surface area contributed by atoms with E-state index in [4.69, 9.17) is 5.11 Å². The number of carbonyl (C=O) groups excluding carboxylic acids is 1. The van der Waals surface area contributed by atoms with Crippen molar-refractivity contribution in [3.63, 3.8) is 0 Å². The first-order chi connectivity index (χ1) is 9.08. The van der Waals surface area contributed by atoms with E-state index < -0.39 is 12.5 Å². The second kappa shape index (κ2) is 7.85. The molecule has 7 heteroatoms. The largest absolute Gasteiger partial charge is 0.433 e. The van der Waals surface area contributed by atoms with Crippen LogP contribution in [0.3, 0.4) is 0 Å². The Bertz CT molecular complexity index is 423. The number of hydrogen-bond donors (Lipinski definition) is 2. The number of alkyl halides is 2. The Balaban J connectivity index is 2.58. The van der Waals surface area contributed by atoms with Gasteiger partial charge in [-0.1, -0.05) is 6.08 Å². The van der Waals surface area contributed by atoms with Gasteiger partial charge in [-0.25, -0.2) is 0 Å². The Labute approximate surface area is 113 Å². The van der Waals surface area contributed by atoms with Crippen LogP contribution in [-0.4, -0.2) is 30.8 Å². The van der Waals surface area contributed by atoms with Crippen molar-refractivity contribution in [1.82, 2.24) is 5.32 Å². The summed E-state index contributed by atoms with van der Waals surface area (Å²) in [7, 11) is 0. The fourth-order valence-corrected chi connectivity index (χ4v) is 2.17. The van der Waals surface area contributed by atoms with E-state index in [1.54, 1.807) is 6.08 Å². The third-order valence-electron chi connectivity index (χ3n) is 2.36. The second-order valence-corrected chi connectivity index (χ2v) is 4.69. The summed E-state index contributed by atoms with van der Waals surface area (Å²) in [6, 6.07) is 1.32. The first-order valence-corrected chi connectivity index (χ1v) is 6.48. The summed E-state index contributed by atoms with van der Waals surface area (Å²) in [5.74, 6) is -0.768. The molecule has 0 aliphatic carbocycles. The molecule has 0 bridgehead atoms. The monoisotopic (exact) mass is 291 g/mol. The highest BCUT2D eigenvalue weighted by Crippen LogP contribution is 2.26. The van der Waals surface area contributed by atoms with E-state index in [1.807, 2.05) is 0 Å². The van der Waals surface area contributed by atoms with Crippen LogP contribution >= 0.6 is 11.3 Å². The SMILES string of the molecule is C=CCC(CO)CNC(=O)c1sccc1OC(F)F. The number of carbonyl (C=O) groups is 1. The highest BCUT2D eigenvalue weighted by Gasteiger charge is 2.18. The zero-order valence-corrected chi connectivity index (χ0v) is 11.0. The lowest BCUT2D eigenvalue weighted by atomic mass is 10.1. The van der Waals surface area contributed by atoms with E-state index in [0.717, 1.165) is 11.3 Å². The minimum atomic E-state index is -2.97. The van der Waals surface area contributed by atoms with E-state index in [9.17, 15) is 13.6 Å². The van der Waals surface area contributed by atoms with Gasteiger partial charge in [-0.2, -0.15) is 8.78 Å². The Hall–Kier alpha value is -1.47. The van der Waals surface area contributed by atoms with E-state index in [0.29, 0.717) is 6.42 Å². The second-order valence-electron chi connectivity index (χ2n) is 3.78. The number of amides is 1. The predicted molar refractivity (Wildman–Crippen MR) is 68.7 cm³/mol. The van der Waals surface area contributed by atoms with E-state index in [-0.39, 0.29) is 29.7 Å². The topological polar surface area (TPSA) is 58.6 Å². The summed E-state index contributed by atoms with van der Waals surface area (Å²) in [5, 5.41) is 13.1. The van der Waals surface area contributed by atoms with Gasteiger partial charge in [0.2, 0.25) is 0 Å². The van der Waals surface area contributed by atoms with Crippen LogP contribution in [-0.2, 0) is 0 Å². The smallest absolute Gasteiger partial charge is 0.387 e. The summed E-state index contributed by atoms with van der Waals surface area (Å²) in [6.07, 6.45) is 2.20. The molecule has 1 heterocycles. The van der Waals surface area contributed by atoms with Gasteiger partial charge >= 0.3 is 6.61 Å². The molecule has 0 spiro atoms. The molecule has 19 heavy (non-hydrogen) atoms. The normalized spacial score (nSPS) is 12.2. The molecule has 0 saturated carbocycles. The molecule has 0 aliphatic heterocycles. The van der Waals surface area contributed by atoms with Crippen molar-refractivity contribution in [2.75, 3.05) is 13.2 Å². The highest BCUT2D eigenvalue weighted by molar-refractivity contribution is 7.12. The molecule has 0 aromatic carbocycles. The number of nitrogens with one attached hydrogen (secondary N) is 1. The van der Waals surface area contributed by atoms with Gasteiger partial charge in [0.15, 0.2) is 0 Å². The summed E-state index contributed by atoms with van der Waals surface area (Å²) in [4.78, 5) is 11.9. The number of hydrogen-bond acceptors (Lipinski definition) is 4. The molecule has 0 radical (unpaired) electrons. The van der Waals surface area contributed by atoms with Crippen LogP contribution in [0.25, 0.3) is 0 Å². The fraction of sp³-hybridized carbons (Fsp3) is 0.417. The van der Waals surface area contributed by atoms with Crippen molar-refractivity contribution in [3.8, 4) is 5.75 Å². The van der Waals surface area contributed by atoms with Gasteiger partial charge in [0, 0.05) is 19.1 Å². The Morgan fingerprint density at radius 2 is 2.37 bits per heavy atom. The molecule has 4 nitrogen and oxygen atoms in total. The van der Waals surface area contributed by atoms with Gasteiger partial charge in [0.25, 0.3) is 5.91 Å². The number of ether oxygens (including phenoxy) is 1. The number of rotatable bonds is 8. The number of halogens is 2. The predicted octanol–water partition coefficient (Wildman–Crippen LogP) is 2.26. The van der Waals surface area contributed by atoms with Crippen LogP contribution in [0.5, 0.6) is 5.75 Å². The van der Waals surface area contributed by atoms with E-state index in [1.165, 1.54) is 11.4 Å². The van der Waals surface area contributed by atoms with Gasteiger partial charge in [0.1, 0.15) is 10.6 Å². The molecule has 1 unspecified atom stereocenters. The first-order valence-electron chi connectivity index (χ1n) is 5.60. The van der Waals surface area contributed by atoms with Crippen LogP contribution in [0.4, 0.5) is 8.78 Å². The summed E-state index contributed by atoms with van der Waals surface area (Å²) < 4.78 is 28.5. The van der Waals surface area contributed by atoms with Crippen LogP contribution < -0.4 is 10.1 Å². The molecule has 0 aliphatic rings. The minimum Gasteiger partial charge on any atom is -0.433 e. The highest BCUT2D eigenvalue weighted by atomic mass is 32.1. The zero-order valence-electron chi connectivity index (χ0n) is 10.1. The molecule has 1 rings (SSSR count). The van der Waals surface area contributed by atoms with Crippen molar-refractivity contribution in [3.05, 3.63) is 29.0 Å². The van der Waals surface area contributed by atoms with Gasteiger partial charge in [-0.15, -0.1) is 17.9 Å². The van der Waals surface area contributed by atoms with Crippen LogP contribution in [0.1, 0.15) is 16.1 Å². The van der Waals surface area contributed by atoms with Crippen molar-refractivity contribution < 1.29 is 23.4 Å². The lowest BCUT2D eigenvalue weighted by molar-refractivity contribution is -0.0498. The van der Waals surface area contributed by atoms with Gasteiger partial charge in [-0.3, -0.25) is 4.79 Å². The summed E-state index contributed by atoms with van der Waals surface area (Å²) >= 11 is 1.02. The maximum Gasteiger partial charge on any atom is 0.387 e. The third-order valence-corrected chi connectivity index (χ3v) is 3.26. The van der Waals surface area contributed by atoms with Crippen molar-refractivity contribution in [2.45, 2.75) is 13.0 Å². The van der Waals surface area contributed by atoms with Gasteiger partial charge < -0.3 is 15.2 Å². The van der Waals surface area contributed by atoms with Crippen molar-refractivity contribution in [2.24, 2.45) is 5.92 Å². The summed E-state index contributed by atoms with van der Waals surface area (Å²) in [5.41, 5.74) is 0. The first kappa shape index (κ1) is 15.6. The molecule has 0 fully saturated rings. The Morgan fingerprint density at radius 1 is 1.63 bits per heavy atom. The fourth-order valence-electron chi connectivity index (χ4n) is 1.43. The van der Waals surface area contributed by atoms with E-state index in [2.05, 4.69) is 16.6 Å². The third kappa shape index (κ3) is 4.96. The van der Waals surface area contributed by atoms with Crippen molar-refractivity contribution in [1.29, 1.82) is 0 Å². The maximum absolute atomic E-state index is 12.1. The average Bonchev–Trinajstić information content (AvgIpc) is 2.81. The van der Waals surface area contributed by atoms with Crippen LogP contribution in [0, 0.1) is 5.92 Å². The molecule has 1 aromatic heterocycles. The maximum atomic E-state index is 12.1. The average molecular weight is 291 g/mol. The molecule has 0 saturated heterocycles. The standard InChI is InChI=1S/C12H15F2NO3S/c1-2-3-8(7-16)6-15-11(17)10-9(4-5-19-10)18-12(13)14/h2,4-5,8,12,16H,1,3,6-7H2,(H,15,17). The lowest BCUT2D eigenvalue weighted by Gasteiger charge is -2.13. The molecule has 1 amide bonds. The lowest BCUT2D eigenvalue weighted by Crippen LogP contribution is -2.30. The molecule has 1 aromatic rings. The van der Waals surface area contributed by atoms with Crippen molar-refractivity contribution >= 4 is 17.2 Å². The van der Waals surface area contributed by atoms with Crippen LogP contribution in [0.15, 0.2) is 24.1 Å². The summed E-state index contributed by atoms with van der Waals surface area (Å²) in [6.45, 7) is 0.739. The molecule has 1 atom stereocenters. The number of aliphatic hydroxyl groups is 1. The van der Waals surface area contributed by atoms with E-state index >= 15 is 0 Å². The van der Waals surface area contributed by atoms with Gasteiger partial charge in [0.05, 0.1) is 0 Å². The molecular weight excluding hydrogens is 276 g/mol. The Morgan fingerprint density at radius 3 is 2.95 bits per heavy atom. The number of allylic oxidation sites excluding steroid dienone is 1. The van der Waals surface area contributed by atoms with Crippen LogP contribution in [0.2, 0.25) is 0 Å². The Kier molecular flexibility index (Phi) is 6.44. The molecular formula is C12H15F2NO3S. The van der Waals surface area contributed by atoms with Gasteiger partial charge in [-0.05, 0) is 17.9 Å². The minimum absolute atomic E-state index is 0.0862.